The third kappa shape index (κ3) is 4.55. The van der Waals surface area contributed by atoms with Gasteiger partial charge in [-0.3, -0.25) is 0 Å². The van der Waals surface area contributed by atoms with Gasteiger partial charge in [-0.05, 0) is 35.7 Å². The molecule has 1 aromatic carbocycles. The molecule has 1 atom stereocenters. The van der Waals surface area contributed by atoms with E-state index in [4.69, 9.17) is 9.84 Å². The van der Waals surface area contributed by atoms with Crippen LogP contribution in [-0.2, 0) is 6.61 Å². The molecule has 0 bridgehead atoms. The van der Waals surface area contributed by atoms with E-state index in [2.05, 4.69) is 5.32 Å². The highest BCUT2D eigenvalue weighted by Crippen LogP contribution is 2.18. The van der Waals surface area contributed by atoms with Crippen molar-refractivity contribution < 1.29 is 14.9 Å². The maximum absolute atomic E-state index is 9.23. The monoisotopic (exact) mass is 279 g/mol. The van der Waals surface area contributed by atoms with Gasteiger partial charge in [-0.2, -0.15) is 0 Å². The van der Waals surface area contributed by atoms with Gasteiger partial charge in [0, 0.05) is 17.1 Å². The van der Waals surface area contributed by atoms with Crippen LogP contribution < -0.4 is 10.1 Å². The Labute approximate surface area is 116 Å². The summed E-state index contributed by atoms with van der Waals surface area (Å²) < 4.78 is 5.65. The van der Waals surface area contributed by atoms with Gasteiger partial charge in [0.15, 0.2) is 0 Å². The lowest BCUT2D eigenvalue weighted by molar-refractivity contribution is 0.105. The Bertz CT molecular complexity index is 470. The third-order valence-electron chi connectivity index (χ3n) is 2.57. The fraction of sp³-hybridized carbons (Fsp3) is 0.286. The number of rotatable bonds is 7. The van der Waals surface area contributed by atoms with Crippen LogP contribution in [0.15, 0.2) is 41.8 Å². The van der Waals surface area contributed by atoms with Gasteiger partial charge in [0.05, 0.1) is 12.7 Å². The molecule has 5 heteroatoms. The van der Waals surface area contributed by atoms with Crippen molar-refractivity contribution in [3.63, 3.8) is 0 Å². The number of thiophene rings is 1. The Kier molecular flexibility index (Phi) is 5.20. The van der Waals surface area contributed by atoms with Crippen LogP contribution in [0.4, 0.5) is 5.69 Å². The number of aliphatic hydroxyl groups excluding tert-OH is 2. The minimum atomic E-state index is -0.741. The van der Waals surface area contributed by atoms with Crippen LogP contribution in [0, 0.1) is 0 Å². The first-order valence-corrected chi connectivity index (χ1v) is 6.94. The predicted molar refractivity (Wildman–Crippen MR) is 76.7 cm³/mol. The molecule has 102 valence electrons. The first-order chi connectivity index (χ1) is 9.28. The van der Waals surface area contributed by atoms with Gasteiger partial charge in [-0.1, -0.05) is 6.07 Å². The molecule has 0 amide bonds. The molecule has 3 N–H and O–H groups in total. The number of ether oxygens (including phenoxy) is 1. The number of hydrogen-bond acceptors (Lipinski definition) is 5. The number of anilines is 1. The number of hydrogen-bond donors (Lipinski definition) is 3. The lowest BCUT2D eigenvalue weighted by Gasteiger charge is -2.11. The minimum absolute atomic E-state index is 0.241. The highest BCUT2D eigenvalue weighted by molar-refractivity contribution is 7.09. The lowest BCUT2D eigenvalue weighted by Crippen LogP contribution is -2.22. The molecule has 2 rings (SSSR count). The van der Waals surface area contributed by atoms with E-state index < -0.39 is 6.10 Å². The molecule has 0 saturated heterocycles. The second-order valence-electron chi connectivity index (χ2n) is 4.11. The lowest BCUT2D eigenvalue weighted by atomic mass is 10.3. The summed E-state index contributed by atoms with van der Waals surface area (Å²) in [7, 11) is 0. The summed E-state index contributed by atoms with van der Waals surface area (Å²) >= 11 is 1.67. The SMILES string of the molecule is OCC(O)CNc1ccc(OCc2cccs2)cc1. The van der Waals surface area contributed by atoms with Gasteiger partial charge in [-0.15, -0.1) is 11.3 Å². The van der Waals surface area contributed by atoms with Crippen molar-refractivity contribution in [2.75, 3.05) is 18.5 Å². The average Bonchev–Trinajstić information content (AvgIpc) is 2.97. The summed E-state index contributed by atoms with van der Waals surface area (Å²) in [5, 5.41) is 23.0. The van der Waals surface area contributed by atoms with Crippen LogP contribution >= 0.6 is 11.3 Å². The molecular weight excluding hydrogens is 262 g/mol. The molecule has 1 unspecified atom stereocenters. The molecular formula is C14H17NO3S. The maximum Gasteiger partial charge on any atom is 0.122 e. The Morgan fingerprint density at radius 1 is 1.21 bits per heavy atom. The summed E-state index contributed by atoms with van der Waals surface area (Å²) in [4.78, 5) is 1.19. The van der Waals surface area contributed by atoms with Crippen LogP contribution in [0.25, 0.3) is 0 Å². The smallest absolute Gasteiger partial charge is 0.122 e. The van der Waals surface area contributed by atoms with Crippen LogP contribution in [0.3, 0.4) is 0 Å². The zero-order chi connectivity index (χ0) is 13.5. The second kappa shape index (κ2) is 7.13. The Morgan fingerprint density at radius 2 is 2.00 bits per heavy atom. The number of benzene rings is 1. The van der Waals surface area contributed by atoms with E-state index in [9.17, 15) is 5.11 Å². The van der Waals surface area contributed by atoms with E-state index in [1.54, 1.807) is 11.3 Å². The standard InChI is InChI=1S/C14H17NO3S/c16-9-12(17)8-15-11-3-5-13(6-4-11)18-10-14-2-1-7-19-14/h1-7,12,15-17H,8-10H2. The normalized spacial score (nSPS) is 12.1. The van der Waals surface area contributed by atoms with E-state index in [-0.39, 0.29) is 6.61 Å². The molecule has 0 fully saturated rings. The van der Waals surface area contributed by atoms with Crippen molar-refractivity contribution in [3.05, 3.63) is 46.7 Å². The first-order valence-electron chi connectivity index (χ1n) is 6.06. The van der Waals surface area contributed by atoms with E-state index in [1.165, 1.54) is 4.88 Å². The van der Waals surface area contributed by atoms with Crippen molar-refractivity contribution in [2.24, 2.45) is 0 Å². The van der Waals surface area contributed by atoms with Crippen LogP contribution in [0.2, 0.25) is 0 Å². The van der Waals surface area contributed by atoms with Gasteiger partial charge in [0.2, 0.25) is 0 Å². The van der Waals surface area contributed by atoms with E-state index in [0.717, 1.165) is 11.4 Å². The minimum Gasteiger partial charge on any atom is -0.488 e. The summed E-state index contributed by atoms with van der Waals surface area (Å²) in [5.74, 6) is 0.807. The largest absolute Gasteiger partial charge is 0.488 e. The zero-order valence-corrected chi connectivity index (χ0v) is 11.3. The van der Waals surface area contributed by atoms with Crippen LogP contribution in [-0.4, -0.2) is 29.5 Å². The number of aliphatic hydroxyl groups is 2. The number of nitrogens with one attached hydrogen (secondary N) is 1. The predicted octanol–water partition coefficient (Wildman–Crippen LogP) is 2.09. The molecule has 1 aromatic heterocycles. The quantitative estimate of drug-likeness (QED) is 0.726. The Morgan fingerprint density at radius 3 is 2.63 bits per heavy atom. The van der Waals surface area contributed by atoms with Gasteiger partial charge < -0.3 is 20.3 Å². The van der Waals surface area contributed by atoms with Gasteiger partial charge in [-0.25, -0.2) is 0 Å². The molecule has 0 aliphatic carbocycles. The van der Waals surface area contributed by atoms with Crippen molar-refractivity contribution in [1.82, 2.24) is 0 Å². The molecule has 0 aliphatic rings. The Hall–Kier alpha value is -1.56. The van der Waals surface area contributed by atoms with Crippen molar-refractivity contribution >= 4 is 17.0 Å². The maximum atomic E-state index is 9.23. The Balaban J connectivity index is 1.81. The fourth-order valence-corrected chi connectivity index (χ4v) is 2.13. The van der Waals surface area contributed by atoms with E-state index in [1.807, 2.05) is 41.8 Å². The molecule has 19 heavy (non-hydrogen) atoms. The summed E-state index contributed by atoms with van der Waals surface area (Å²) in [6.45, 7) is 0.661. The fourth-order valence-electron chi connectivity index (χ4n) is 1.52. The van der Waals surface area contributed by atoms with Crippen molar-refractivity contribution in [2.45, 2.75) is 12.7 Å². The first kappa shape index (κ1) is 13.9. The molecule has 1 heterocycles. The molecule has 0 aliphatic heterocycles. The van der Waals surface area contributed by atoms with Gasteiger partial charge >= 0.3 is 0 Å². The zero-order valence-electron chi connectivity index (χ0n) is 10.5. The van der Waals surface area contributed by atoms with E-state index >= 15 is 0 Å². The molecule has 0 spiro atoms. The van der Waals surface area contributed by atoms with Crippen molar-refractivity contribution in [3.8, 4) is 5.75 Å². The van der Waals surface area contributed by atoms with E-state index in [0.29, 0.717) is 13.2 Å². The summed E-state index contributed by atoms with van der Waals surface area (Å²) in [5.41, 5.74) is 0.885. The second-order valence-corrected chi connectivity index (χ2v) is 5.14. The van der Waals surface area contributed by atoms with Crippen LogP contribution in [0.5, 0.6) is 5.75 Å². The third-order valence-corrected chi connectivity index (χ3v) is 3.42. The molecule has 0 saturated carbocycles. The topological polar surface area (TPSA) is 61.7 Å². The van der Waals surface area contributed by atoms with Crippen LogP contribution in [0.1, 0.15) is 4.88 Å². The highest BCUT2D eigenvalue weighted by atomic mass is 32.1. The summed E-state index contributed by atoms with van der Waals surface area (Å²) in [6.07, 6.45) is -0.741. The van der Waals surface area contributed by atoms with Crippen molar-refractivity contribution in [1.29, 1.82) is 0 Å². The highest BCUT2D eigenvalue weighted by Gasteiger charge is 2.01. The molecule has 4 nitrogen and oxygen atoms in total. The van der Waals surface area contributed by atoms with Gasteiger partial charge in [0.1, 0.15) is 12.4 Å². The molecule has 0 radical (unpaired) electrons. The molecule has 2 aromatic rings. The summed E-state index contributed by atoms with van der Waals surface area (Å²) in [6, 6.07) is 11.6. The van der Waals surface area contributed by atoms with Gasteiger partial charge in [0.25, 0.3) is 0 Å². The average molecular weight is 279 g/mol.